The van der Waals surface area contributed by atoms with Crippen molar-refractivity contribution in [2.75, 3.05) is 25.0 Å². The number of rotatable bonds is 7. The maximum absolute atomic E-state index is 12.9. The monoisotopic (exact) mass is 508 g/mol. The van der Waals surface area contributed by atoms with Gasteiger partial charge < -0.3 is 10.1 Å². The minimum Gasteiger partial charge on any atom is -0.492 e. The zero-order chi connectivity index (χ0) is 22.4. The van der Waals surface area contributed by atoms with Crippen LogP contribution in [0.2, 0.25) is 0 Å². The van der Waals surface area contributed by atoms with Crippen molar-refractivity contribution in [1.82, 2.24) is 4.31 Å². The lowest BCUT2D eigenvalue weighted by Gasteiger charge is -2.20. The van der Waals surface area contributed by atoms with Crippen molar-refractivity contribution in [1.29, 1.82) is 0 Å². The minimum absolute atomic E-state index is 0.252. The van der Waals surface area contributed by atoms with Crippen molar-refractivity contribution in [3.63, 3.8) is 0 Å². The van der Waals surface area contributed by atoms with E-state index in [1.165, 1.54) is 0 Å². The third kappa shape index (κ3) is 6.30. The predicted molar refractivity (Wildman–Crippen MR) is 126 cm³/mol. The lowest BCUT2D eigenvalue weighted by atomic mass is 10.2. The second-order valence-electron chi connectivity index (χ2n) is 8.15. The van der Waals surface area contributed by atoms with Gasteiger partial charge in [-0.15, -0.1) is 0 Å². The molecular weight excluding hydrogens is 480 g/mol. The molecule has 0 aromatic heterocycles. The highest BCUT2D eigenvalue weighted by Gasteiger charge is 2.25. The Morgan fingerprint density at radius 2 is 1.71 bits per heavy atom. The third-order valence-electron chi connectivity index (χ3n) is 5.08. The lowest BCUT2D eigenvalue weighted by Crippen LogP contribution is -2.31. The summed E-state index contributed by atoms with van der Waals surface area (Å²) in [5.74, 6) is 0.813. The lowest BCUT2D eigenvalue weighted by molar-refractivity contribution is 0.102. The van der Waals surface area contributed by atoms with Crippen LogP contribution in [0.15, 0.2) is 51.8 Å². The van der Waals surface area contributed by atoms with Gasteiger partial charge in [0.25, 0.3) is 5.91 Å². The highest BCUT2D eigenvalue weighted by Crippen LogP contribution is 2.27. The van der Waals surface area contributed by atoms with Crippen LogP contribution in [0.25, 0.3) is 0 Å². The molecule has 1 amide bonds. The van der Waals surface area contributed by atoms with E-state index in [1.807, 2.05) is 0 Å². The highest BCUT2D eigenvalue weighted by atomic mass is 79.9. The number of nitrogens with one attached hydrogen (secondary N) is 1. The van der Waals surface area contributed by atoms with Gasteiger partial charge in [0.15, 0.2) is 0 Å². The summed E-state index contributed by atoms with van der Waals surface area (Å²) in [6, 6.07) is 11.5. The molecule has 0 aliphatic carbocycles. The van der Waals surface area contributed by atoms with Crippen LogP contribution in [0, 0.1) is 5.92 Å². The van der Waals surface area contributed by atoms with E-state index in [0.29, 0.717) is 47.1 Å². The van der Waals surface area contributed by atoms with Crippen molar-refractivity contribution < 1.29 is 17.9 Å². The Labute approximate surface area is 193 Å². The Hall–Kier alpha value is -1.90. The standard InChI is InChI=1S/C23H29BrN2O4S/c1-17(2)16-30-22-12-7-18(15-21(22)24)23(27)25-19-8-10-20(11-9-19)31(28,29)26-13-5-3-4-6-14-26/h7-12,15,17H,3-6,13-14,16H2,1-2H3,(H,25,27). The van der Waals surface area contributed by atoms with E-state index in [2.05, 4.69) is 35.1 Å². The molecule has 0 atom stereocenters. The number of nitrogens with zero attached hydrogens (tertiary/aromatic N) is 1. The van der Waals surface area contributed by atoms with Gasteiger partial charge in [0, 0.05) is 24.3 Å². The maximum Gasteiger partial charge on any atom is 0.255 e. The first kappa shape index (κ1) is 23.8. The molecule has 1 aliphatic rings. The number of anilines is 1. The van der Waals surface area contributed by atoms with Crippen LogP contribution in [0.1, 0.15) is 49.9 Å². The number of hydrogen-bond acceptors (Lipinski definition) is 4. The van der Waals surface area contributed by atoms with E-state index in [0.717, 1.165) is 25.7 Å². The summed E-state index contributed by atoms with van der Waals surface area (Å²) < 4.78 is 33.7. The fourth-order valence-corrected chi connectivity index (χ4v) is 5.37. The van der Waals surface area contributed by atoms with Crippen LogP contribution in [-0.4, -0.2) is 38.3 Å². The molecule has 31 heavy (non-hydrogen) atoms. The van der Waals surface area contributed by atoms with Gasteiger partial charge in [0.2, 0.25) is 10.0 Å². The summed E-state index contributed by atoms with van der Waals surface area (Å²) in [7, 11) is -3.50. The van der Waals surface area contributed by atoms with Crippen LogP contribution in [-0.2, 0) is 10.0 Å². The molecule has 0 radical (unpaired) electrons. The van der Waals surface area contributed by atoms with Gasteiger partial charge in [-0.2, -0.15) is 4.31 Å². The SMILES string of the molecule is CC(C)COc1ccc(C(=O)Nc2ccc(S(=O)(=O)N3CCCCCC3)cc2)cc1Br. The Bertz CT molecular complexity index is 999. The fraction of sp³-hybridized carbons (Fsp3) is 0.435. The van der Waals surface area contributed by atoms with Crippen LogP contribution in [0.3, 0.4) is 0 Å². The molecule has 1 aliphatic heterocycles. The van der Waals surface area contributed by atoms with Crippen LogP contribution < -0.4 is 10.1 Å². The van der Waals surface area contributed by atoms with Crippen LogP contribution in [0.5, 0.6) is 5.75 Å². The second kappa shape index (κ2) is 10.6. The van der Waals surface area contributed by atoms with E-state index >= 15 is 0 Å². The van der Waals surface area contributed by atoms with Gasteiger partial charge in [-0.25, -0.2) is 8.42 Å². The molecule has 168 valence electrons. The summed E-state index contributed by atoms with van der Waals surface area (Å²) >= 11 is 3.45. The molecule has 3 rings (SSSR count). The molecule has 1 N–H and O–H groups in total. The summed E-state index contributed by atoms with van der Waals surface area (Å²) in [4.78, 5) is 12.9. The average molecular weight is 509 g/mol. The van der Waals surface area contributed by atoms with E-state index in [1.54, 1.807) is 46.8 Å². The van der Waals surface area contributed by atoms with E-state index < -0.39 is 10.0 Å². The summed E-state index contributed by atoms with van der Waals surface area (Å²) in [5, 5.41) is 2.81. The fourth-order valence-electron chi connectivity index (χ4n) is 3.36. The van der Waals surface area contributed by atoms with Crippen LogP contribution in [0.4, 0.5) is 5.69 Å². The van der Waals surface area contributed by atoms with E-state index in [4.69, 9.17) is 4.74 Å². The van der Waals surface area contributed by atoms with Gasteiger partial charge in [-0.1, -0.05) is 26.7 Å². The van der Waals surface area contributed by atoms with Gasteiger partial charge in [0.1, 0.15) is 5.75 Å². The molecule has 8 heteroatoms. The van der Waals surface area contributed by atoms with Crippen molar-refractivity contribution >= 4 is 37.5 Å². The quantitative estimate of drug-likeness (QED) is 0.550. The Morgan fingerprint density at radius 3 is 2.29 bits per heavy atom. The Balaban J connectivity index is 1.66. The topological polar surface area (TPSA) is 75.7 Å². The summed E-state index contributed by atoms with van der Waals surface area (Å²) in [5.41, 5.74) is 1.01. The molecule has 0 bridgehead atoms. The second-order valence-corrected chi connectivity index (χ2v) is 10.9. The van der Waals surface area contributed by atoms with Gasteiger partial charge in [-0.05, 0) is 77.2 Å². The Morgan fingerprint density at radius 1 is 1.06 bits per heavy atom. The first-order valence-corrected chi connectivity index (χ1v) is 12.8. The molecule has 0 saturated carbocycles. The number of hydrogen-bond donors (Lipinski definition) is 1. The summed E-state index contributed by atoms with van der Waals surface area (Å²) in [6.07, 6.45) is 3.92. The number of ether oxygens (including phenoxy) is 1. The maximum atomic E-state index is 12.9. The average Bonchev–Trinajstić information content (AvgIpc) is 3.03. The third-order valence-corrected chi connectivity index (χ3v) is 7.61. The van der Waals surface area contributed by atoms with E-state index in [9.17, 15) is 13.2 Å². The zero-order valence-corrected chi connectivity index (χ0v) is 20.3. The number of benzene rings is 2. The molecule has 1 heterocycles. The van der Waals surface area contributed by atoms with Gasteiger partial charge in [-0.3, -0.25) is 4.79 Å². The molecule has 6 nitrogen and oxygen atoms in total. The van der Waals surface area contributed by atoms with Crippen LogP contribution >= 0.6 is 15.9 Å². The van der Waals surface area contributed by atoms with Crippen molar-refractivity contribution in [3.05, 3.63) is 52.5 Å². The largest absolute Gasteiger partial charge is 0.492 e. The molecule has 1 saturated heterocycles. The number of sulfonamides is 1. The van der Waals surface area contributed by atoms with Crippen molar-refractivity contribution in [2.24, 2.45) is 5.92 Å². The number of carbonyl (C=O) groups excluding carboxylic acids is 1. The number of carbonyl (C=O) groups is 1. The molecule has 2 aromatic carbocycles. The van der Waals surface area contributed by atoms with Gasteiger partial charge >= 0.3 is 0 Å². The normalized spacial score (nSPS) is 15.5. The van der Waals surface area contributed by atoms with Crippen molar-refractivity contribution in [2.45, 2.75) is 44.4 Å². The smallest absolute Gasteiger partial charge is 0.255 e. The molecule has 2 aromatic rings. The molecule has 0 unspecified atom stereocenters. The van der Waals surface area contributed by atoms with Crippen molar-refractivity contribution in [3.8, 4) is 5.75 Å². The molecule has 1 fully saturated rings. The molecule has 0 spiro atoms. The summed E-state index contributed by atoms with van der Waals surface area (Å²) in [6.45, 7) is 5.86. The Kier molecular flexibility index (Phi) is 8.13. The van der Waals surface area contributed by atoms with E-state index in [-0.39, 0.29) is 10.8 Å². The first-order chi connectivity index (χ1) is 14.8. The number of halogens is 1. The number of amides is 1. The van der Waals surface area contributed by atoms with Gasteiger partial charge in [0.05, 0.1) is 16.0 Å². The molecular formula is C23H29BrN2O4S. The predicted octanol–water partition coefficient (Wildman–Crippen LogP) is 5.30. The highest BCUT2D eigenvalue weighted by molar-refractivity contribution is 9.10. The minimum atomic E-state index is -3.50. The first-order valence-electron chi connectivity index (χ1n) is 10.6. The zero-order valence-electron chi connectivity index (χ0n) is 17.9.